The van der Waals surface area contributed by atoms with Gasteiger partial charge in [-0.1, -0.05) is 104 Å². The SMILES string of the molecule is CCCCCCCCCCCCCCCCCC(=O)N[N+](C)(C)CCC.Cl.Cl. The van der Waals surface area contributed by atoms with Gasteiger partial charge < -0.3 is 0 Å². The van der Waals surface area contributed by atoms with Gasteiger partial charge in [0, 0.05) is 6.42 Å². The average molecular weight is 443 g/mol. The van der Waals surface area contributed by atoms with E-state index in [1.165, 1.54) is 89.9 Å². The lowest BCUT2D eigenvalue weighted by Crippen LogP contribution is -2.54. The zero-order valence-corrected chi connectivity index (χ0v) is 21.0. The first kappa shape index (κ1) is 32.7. The van der Waals surface area contributed by atoms with E-state index < -0.39 is 0 Å². The van der Waals surface area contributed by atoms with Crippen LogP contribution in [0.15, 0.2) is 0 Å². The minimum atomic E-state index is 0. The third-order valence-corrected chi connectivity index (χ3v) is 5.22. The molecular weight excluding hydrogens is 391 g/mol. The normalized spacial score (nSPS) is 10.9. The van der Waals surface area contributed by atoms with Crippen LogP contribution in [0.2, 0.25) is 0 Å². The van der Waals surface area contributed by atoms with E-state index in [9.17, 15) is 4.79 Å². The Morgan fingerprint density at radius 1 is 0.607 bits per heavy atom. The summed E-state index contributed by atoms with van der Waals surface area (Å²) in [7, 11) is 4.13. The molecule has 1 N–H and O–H groups in total. The number of rotatable bonds is 19. The summed E-state index contributed by atoms with van der Waals surface area (Å²) in [6.45, 7) is 5.43. The molecule has 0 aliphatic carbocycles. The first-order valence-electron chi connectivity index (χ1n) is 11.7. The molecule has 28 heavy (non-hydrogen) atoms. The molecule has 0 radical (unpaired) electrons. The molecule has 172 valence electrons. The van der Waals surface area contributed by atoms with Gasteiger partial charge in [-0.05, 0) is 12.8 Å². The van der Waals surface area contributed by atoms with Crippen LogP contribution in [0.4, 0.5) is 0 Å². The summed E-state index contributed by atoms with van der Waals surface area (Å²) in [4.78, 5) is 11.9. The Morgan fingerprint density at radius 2 is 0.964 bits per heavy atom. The first-order valence-corrected chi connectivity index (χ1v) is 11.7. The number of carbonyl (C=O) groups excluding carboxylic acids is 1. The molecule has 0 bridgehead atoms. The lowest BCUT2D eigenvalue weighted by molar-refractivity contribution is -0.925. The zero-order chi connectivity index (χ0) is 19.5. The van der Waals surface area contributed by atoms with Crippen molar-refractivity contribution in [2.24, 2.45) is 0 Å². The minimum absolute atomic E-state index is 0. The van der Waals surface area contributed by atoms with E-state index in [2.05, 4.69) is 33.4 Å². The number of hydrogen-bond acceptors (Lipinski definition) is 1. The Kier molecular flexibility index (Phi) is 27.2. The highest BCUT2D eigenvalue weighted by atomic mass is 35.5. The van der Waals surface area contributed by atoms with Crippen LogP contribution in [0.1, 0.15) is 123 Å². The second kappa shape index (κ2) is 23.3. The van der Waals surface area contributed by atoms with Gasteiger partial charge >= 0.3 is 0 Å². The van der Waals surface area contributed by atoms with Crippen LogP contribution in [-0.4, -0.2) is 31.1 Å². The van der Waals surface area contributed by atoms with Crippen molar-refractivity contribution in [1.82, 2.24) is 5.43 Å². The average Bonchev–Trinajstić information content (AvgIpc) is 2.57. The van der Waals surface area contributed by atoms with Gasteiger partial charge in [-0.15, -0.1) is 24.8 Å². The van der Waals surface area contributed by atoms with Crippen LogP contribution >= 0.6 is 24.8 Å². The fraction of sp³-hybridized carbons (Fsp3) is 0.957. The number of nitrogens with one attached hydrogen (secondary N) is 1. The molecule has 0 aliphatic rings. The van der Waals surface area contributed by atoms with Crippen molar-refractivity contribution in [3.8, 4) is 0 Å². The maximum absolute atomic E-state index is 11.9. The molecule has 5 heteroatoms. The Labute approximate surface area is 189 Å². The van der Waals surface area contributed by atoms with Crippen LogP contribution in [0.5, 0.6) is 0 Å². The van der Waals surface area contributed by atoms with Gasteiger partial charge in [0.25, 0.3) is 5.91 Å². The monoisotopic (exact) mass is 441 g/mol. The second-order valence-corrected chi connectivity index (χ2v) is 8.64. The molecule has 0 aromatic rings. The molecule has 0 aliphatic heterocycles. The van der Waals surface area contributed by atoms with Gasteiger partial charge in [0.2, 0.25) is 0 Å². The van der Waals surface area contributed by atoms with Crippen molar-refractivity contribution in [3.63, 3.8) is 0 Å². The van der Waals surface area contributed by atoms with Crippen molar-refractivity contribution < 1.29 is 9.39 Å². The summed E-state index contributed by atoms with van der Waals surface area (Å²) in [5.74, 6) is 0.207. The van der Waals surface area contributed by atoms with E-state index in [-0.39, 0.29) is 30.7 Å². The fourth-order valence-electron chi connectivity index (χ4n) is 3.67. The highest BCUT2D eigenvalue weighted by Gasteiger charge is 2.16. The molecule has 0 aromatic heterocycles. The highest BCUT2D eigenvalue weighted by Crippen LogP contribution is 2.13. The summed E-state index contributed by atoms with van der Waals surface area (Å²) >= 11 is 0. The summed E-state index contributed by atoms with van der Waals surface area (Å²) in [5.41, 5.74) is 3.11. The third kappa shape index (κ3) is 24.0. The quantitative estimate of drug-likeness (QED) is 0.124. The second-order valence-electron chi connectivity index (χ2n) is 8.64. The molecule has 0 atom stereocenters. The smallest absolute Gasteiger partial charge is 0.264 e. The Hall–Kier alpha value is 0.01000. The molecule has 1 amide bonds. The fourth-order valence-corrected chi connectivity index (χ4v) is 3.67. The van der Waals surface area contributed by atoms with Gasteiger partial charge in [-0.25, -0.2) is 10.0 Å². The van der Waals surface area contributed by atoms with Crippen molar-refractivity contribution >= 4 is 30.7 Å². The standard InChI is InChI=1S/C23H48N2O.2ClH/c1-5-7-8-9-10-11-12-13-14-15-16-17-18-19-20-21-23(26)24-25(3,4)22-6-2;;/h5-22H2,1-4H3;2*1H/p+1. The van der Waals surface area contributed by atoms with Crippen molar-refractivity contribution in [2.75, 3.05) is 20.6 Å². The summed E-state index contributed by atoms with van der Waals surface area (Å²) in [6.07, 6.45) is 22.3. The van der Waals surface area contributed by atoms with E-state index in [4.69, 9.17) is 0 Å². The number of carbonyl (C=O) groups is 1. The zero-order valence-electron chi connectivity index (χ0n) is 19.4. The van der Waals surface area contributed by atoms with Crippen LogP contribution in [0, 0.1) is 0 Å². The number of hydrogen-bond donors (Lipinski definition) is 1. The summed E-state index contributed by atoms with van der Waals surface area (Å²) in [5, 5.41) is 0. The van der Waals surface area contributed by atoms with Gasteiger partial charge in [0.1, 0.15) is 6.54 Å². The molecular formula is C23H51Cl2N2O+. The van der Waals surface area contributed by atoms with Crippen molar-refractivity contribution in [1.29, 1.82) is 0 Å². The summed E-state index contributed by atoms with van der Waals surface area (Å²) in [6, 6.07) is 0. The van der Waals surface area contributed by atoms with E-state index in [0.29, 0.717) is 11.0 Å². The number of halogens is 2. The minimum Gasteiger partial charge on any atom is -0.270 e. The van der Waals surface area contributed by atoms with Crippen LogP contribution in [-0.2, 0) is 4.79 Å². The third-order valence-electron chi connectivity index (χ3n) is 5.22. The predicted molar refractivity (Wildman–Crippen MR) is 129 cm³/mol. The van der Waals surface area contributed by atoms with E-state index >= 15 is 0 Å². The first-order chi connectivity index (χ1) is 12.5. The number of quaternary nitrogens is 1. The van der Waals surface area contributed by atoms with Crippen molar-refractivity contribution in [2.45, 2.75) is 123 Å². The topological polar surface area (TPSA) is 29.1 Å². The molecule has 0 aromatic carbocycles. The van der Waals surface area contributed by atoms with Crippen LogP contribution in [0.3, 0.4) is 0 Å². The lowest BCUT2D eigenvalue weighted by Gasteiger charge is -2.28. The van der Waals surface area contributed by atoms with E-state index in [0.717, 1.165) is 19.4 Å². The van der Waals surface area contributed by atoms with E-state index in [1.54, 1.807) is 0 Å². The van der Waals surface area contributed by atoms with Gasteiger partial charge in [0.15, 0.2) is 0 Å². The highest BCUT2D eigenvalue weighted by molar-refractivity contribution is 5.85. The Bertz CT molecular complexity index is 326. The Balaban J connectivity index is -0.00000312. The molecule has 0 spiro atoms. The summed E-state index contributed by atoms with van der Waals surface area (Å²) < 4.78 is 0.605. The Morgan fingerprint density at radius 3 is 1.32 bits per heavy atom. The molecule has 0 saturated carbocycles. The van der Waals surface area contributed by atoms with Gasteiger partial charge in [-0.2, -0.15) is 0 Å². The largest absolute Gasteiger partial charge is 0.270 e. The number of unbranched alkanes of at least 4 members (excludes halogenated alkanes) is 14. The molecule has 0 fully saturated rings. The maximum atomic E-state index is 11.9. The maximum Gasteiger partial charge on any atom is 0.264 e. The van der Waals surface area contributed by atoms with Crippen LogP contribution in [0.25, 0.3) is 0 Å². The molecule has 0 heterocycles. The van der Waals surface area contributed by atoms with Gasteiger partial charge in [-0.3, -0.25) is 4.79 Å². The molecule has 0 saturated heterocycles. The number of nitrogens with zero attached hydrogens (tertiary/aromatic N) is 1. The number of amides is 1. The van der Waals surface area contributed by atoms with E-state index in [1.807, 2.05) is 0 Å². The lowest BCUT2D eigenvalue weighted by atomic mass is 10.0. The van der Waals surface area contributed by atoms with Crippen LogP contribution < -0.4 is 5.43 Å². The molecule has 3 nitrogen and oxygen atoms in total. The van der Waals surface area contributed by atoms with Gasteiger partial charge in [0.05, 0.1) is 14.1 Å². The molecule has 0 unspecified atom stereocenters. The predicted octanol–water partition coefficient (Wildman–Crippen LogP) is 7.61. The molecule has 0 rings (SSSR count). The van der Waals surface area contributed by atoms with Crippen molar-refractivity contribution in [3.05, 3.63) is 0 Å².